The maximum atomic E-state index is 13.7. The summed E-state index contributed by atoms with van der Waals surface area (Å²) in [5, 5.41) is 22.2. The van der Waals surface area contributed by atoms with E-state index in [0.717, 1.165) is 11.1 Å². The highest BCUT2D eigenvalue weighted by molar-refractivity contribution is 6.04. The van der Waals surface area contributed by atoms with Crippen LogP contribution in [0.2, 0.25) is 0 Å². The van der Waals surface area contributed by atoms with Crippen molar-refractivity contribution in [2.24, 2.45) is 5.73 Å². The predicted octanol–water partition coefficient (Wildman–Crippen LogP) is 4.05. The Morgan fingerprint density at radius 3 is 1.81 bits per heavy atom. The lowest BCUT2D eigenvalue weighted by molar-refractivity contribution is 0.0671. The number of ether oxygens (including phenoxy) is 6. The number of anilines is 1. The molecule has 292 valence electrons. The normalized spacial score (nSPS) is 16.5. The van der Waals surface area contributed by atoms with Crippen LogP contribution in [0.5, 0.6) is 28.7 Å². The third kappa shape index (κ3) is 10.2. The molecule has 0 bridgehead atoms. The van der Waals surface area contributed by atoms with E-state index in [9.17, 15) is 29.4 Å². The van der Waals surface area contributed by atoms with Crippen LogP contribution in [0.1, 0.15) is 52.8 Å². The summed E-state index contributed by atoms with van der Waals surface area (Å²) in [7, 11) is 2.84. The van der Waals surface area contributed by atoms with E-state index in [4.69, 9.17) is 34.2 Å². The van der Waals surface area contributed by atoms with Crippen molar-refractivity contribution in [2.75, 3.05) is 65.7 Å². The van der Waals surface area contributed by atoms with E-state index >= 15 is 0 Å². The highest BCUT2D eigenvalue weighted by Gasteiger charge is 2.35. The first-order chi connectivity index (χ1) is 25.9. The Hall–Kier alpha value is -5.74. The summed E-state index contributed by atoms with van der Waals surface area (Å²) in [4.78, 5) is 54.3. The van der Waals surface area contributed by atoms with Crippen LogP contribution in [-0.4, -0.2) is 116 Å². The molecule has 2 atom stereocenters. The van der Waals surface area contributed by atoms with Gasteiger partial charge in [-0.05, 0) is 38.2 Å². The number of rotatable bonds is 18. The maximum absolute atomic E-state index is 13.7. The van der Waals surface area contributed by atoms with E-state index in [1.807, 2.05) is 0 Å². The van der Waals surface area contributed by atoms with Crippen LogP contribution in [0.15, 0.2) is 61.2 Å². The molecule has 2 saturated heterocycles. The van der Waals surface area contributed by atoms with Crippen molar-refractivity contribution in [3.8, 4) is 28.7 Å². The molecular weight excluding hydrogens is 704 g/mol. The number of primary amides is 1. The summed E-state index contributed by atoms with van der Waals surface area (Å²) < 4.78 is 33.2. The van der Waals surface area contributed by atoms with Crippen LogP contribution in [0, 0.1) is 0 Å². The van der Waals surface area contributed by atoms with E-state index in [1.165, 1.54) is 54.4 Å². The fourth-order valence-corrected chi connectivity index (χ4v) is 6.18. The molecule has 2 unspecified atom stereocenters. The molecule has 2 fully saturated rings. The van der Waals surface area contributed by atoms with Crippen LogP contribution < -0.4 is 34.7 Å². The van der Waals surface area contributed by atoms with Gasteiger partial charge in [-0.2, -0.15) is 0 Å². The first-order valence-electron chi connectivity index (χ1n) is 17.3. The summed E-state index contributed by atoms with van der Waals surface area (Å²) in [6.07, 6.45) is 2.22. The lowest BCUT2D eigenvalue weighted by atomic mass is 10.1. The number of amides is 4. The molecule has 0 spiro atoms. The van der Waals surface area contributed by atoms with Crippen molar-refractivity contribution in [3.63, 3.8) is 0 Å². The Morgan fingerprint density at radius 2 is 1.31 bits per heavy atom. The average molecular weight is 753 g/mol. The lowest BCUT2D eigenvalue weighted by Gasteiger charge is -2.24. The number of aliphatic hydroxyl groups excluding tert-OH is 2. The molecule has 0 radical (unpaired) electrons. The molecule has 4 amide bonds. The molecule has 2 aliphatic rings. The second-order valence-corrected chi connectivity index (χ2v) is 12.7. The van der Waals surface area contributed by atoms with Gasteiger partial charge in [0.05, 0.1) is 69.5 Å². The molecule has 2 aromatic rings. The number of nitrogens with zero attached hydrogens (tertiary/aromatic N) is 2. The van der Waals surface area contributed by atoms with Crippen LogP contribution >= 0.6 is 0 Å². The molecular formula is C38H48N4O12. The minimum atomic E-state index is -1.12. The molecule has 2 aliphatic heterocycles. The molecule has 5 N–H and O–H groups in total. The maximum Gasteiger partial charge on any atom is 0.411 e. The fraction of sp³-hybridized carbons (Fsp3) is 0.421. The number of unbranched alkanes of at least 4 members (excludes halogenated alkanes) is 2. The van der Waals surface area contributed by atoms with E-state index < -0.39 is 36.1 Å². The summed E-state index contributed by atoms with van der Waals surface area (Å²) >= 11 is 0. The first-order valence-corrected chi connectivity index (χ1v) is 17.3. The first kappa shape index (κ1) is 41.0. The number of likely N-dealkylation sites (tertiary alicyclic amines) is 2. The van der Waals surface area contributed by atoms with Crippen molar-refractivity contribution in [1.29, 1.82) is 0 Å². The summed E-state index contributed by atoms with van der Waals surface area (Å²) in [6.45, 7) is 11.8. The van der Waals surface area contributed by atoms with Crippen molar-refractivity contribution < 1.29 is 57.8 Å². The van der Waals surface area contributed by atoms with Crippen molar-refractivity contribution in [1.82, 2.24) is 9.80 Å². The van der Waals surface area contributed by atoms with Crippen LogP contribution in [0.25, 0.3) is 0 Å². The summed E-state index contributed by atoms with van der Waals surface area (Å²) in [5.41, 5.74) is 7.14. The van der Waals surface area contributed by atoms with Crippen LogP contribution in [0.3, 0.4) is 0 Å². The highest BCUT2D eigenvalue weighted by Crippen LogP contribution is 2.38. The second-order valence-electron chi connectivity index (χ2n) is 12.7. The van der Waals surface area contributed by atoms with Crippen molar-refractivity contribution in [2.45, 2.75) is 44.2 Å². The second kappa shape index (κ2) is 19.4. The predicted molar refractivity (Wildman–Crippen MR) is 198 cm³/mol. The number of carbonyl (C=O) groups is 4. The minimum absolute atomic E-state index is 0.0134. The molecule has 2 aromatic carbocycles. The van der Waals surface area contributed by atoms with Gasteiger partial charge in [-0.1, -0.05) is 37.0 Å². The van der Waals surface area contributed by atoms with Gasteiger partial charge < -0.3 is 54.2 Å². The zero-order chi connectivity index (χ0) is 39.4. The van der Waals surface area contributed by atoms with E-state index in [0.29, 0.717) is 32.1 Å². The smallest absolute Gasteiger partial charge is 0.411 e. The molecule has 0 saturated carbocycles. The van der Waals surface area contributed by atoms with Gasteiger partial charge in [0.25, 0.3) is 11.8 Å². The molecule has 4 rings (SSSR count). The monoisotopic (exact) mass is 752 g/mol. The molecule has 0 aromatic heterocycles. The van der Waals surface area contributed by atoms with Gasteiger partial charge in [0.15, 0.2) is 23.0 Å². The van der Waals surface area contributed by atoms with Crippen molar-refractivity contribution >= 4 is 29.7 Å². The zero-order valence-electron chi connectivity index (χ0n) is 30.6. The Balaban J connectivity index is 1.40. The highest BCUT2D eigenvalue weighted by atomic mass is 16.6. The fourth-order valence-electron chi connectivity index (χ4n) is 6.18. The lowest BCUT2D eigenvalue weighted by Crippen LogP contribution is -2.38. The molecule has 0 aliphatic carbocycles. The van der Waals surface area contributed by atoms with Gasteiger partial charge in [0, 0.05) is 31.3 Å². The molecule has 16 heteroatoms. The quantitative estimate of drug-likeness (QED) is 0.126. The van der Waals surface area contributed by atoms with Gasteiger partial charge >= 0.3 is 12.2 Å². The van der Waals surface area contributed by atoms with Gasteiger partial charge in [0.2, 0.25) is 0 Å². The van der Waals surface area contributed by atoms with E-state index in [1.54, 1.807) is 0 Å². The zero-order valence-corrected chi connectivity index (χ0v) is 30.6. The van der Waals surface area contributed by atoms with Gasteiger partial charge in [-0.25, -0.2) is 9.59 Å². The molecule has 2 heterocycles. The van der Waals surface area contributed by atoms with Crippen LogP contribution in [0.4, 0.5) is 15.3 Å². The Bertz CT molecular complexity index is 1740. The minimum Gasteiger partial charge on any atom is -0.493 e. The van der Waals surface area contributed by atoms with E-state index in [-0.39, 0.29) is 91.7 Å². The molecule has 16 nitrogen and oxygen atoms in total. The number of methoxy groups -OCH3 is 2. The molecule has 54 heavy (non-hydrogen) atoms. The van der Waals surface area contributed by atoms with Crippen molar-refractivity contribution in [3.05, 3.63) is 72.4 Å². The number of aliphatic hydroxyl groups is 2. The number of hydrogen-bond donors (Lipinski definition) is 4. The number of nitrogens with two attached hydrogens (primary N) is 1. The van der Waals surface area contributed by atoms with Gasteiger partial charge in [-0.15, -0.1) is 0 Å². The summed E-state index contributed by atoms with van der Waals surface area (Å²) in [6, 6.07) is 4.81. The number of benzene rings is 2. The van der Waals surface area contributed by atoms with E-state index in [2.05, 4.69) is 25.1 Å². The number of carbonyl (C=O) groups excluding carboxylic acids is 4. The Morgan fingerprint density at radius 1 is 0.796 bits per heavy atom. The average Bonchev–Trinajstić information content (AvgIpc) is 3.74. The number of hydrogen-bond acceptors (Lipinski definition) is 12. The Labute approximate surface area is 313 Å². The number of nitrogens with one attached hydrogen (secondary N) is 1. The summed E-state index contributed by atoms with van der Waals surface area (Å²) in [5.74, 6) is -0.0550. The van der Waals surface area contributed by atoms with Gasteiger partial charge in [-0.3, -0.25) is 14.9 Å². The van der Waals surface area contributed by atoms with Gasteiger partial charge in [0.1, 0.15) is 12.4 Å². The standard InChI is InChI=1S/C38H48N4O12/c1-6-10-53-38(48)40-29-17-33(31(49-4)15-27(29)35(45)41-19-23(2)13-25(41)21-43)51-11-8-7-9-12-52-34-18-30(54-37(39)47)28(16-32(34)50-5)36(46)42-20-24(3)14-26(42)22-44/h6,15-18,25-26,43-44H,1-3,7-14,19-22H2,4-5H3,(H2,39,47)(H,40,48). The topological polar surface area (TPSA) is 209 Å². The Kier molecular flexibility index (Phi) is 14.7. The third-order valence-corrected chi connectivity index (χ3v) is 8.78. The third-order valence-electron chi connectivity index (χ3n) is 8.78. The van der Waals surface area contributed by atoms with Crippen LogP contribution in [-0.2, 0) is 4.74 Å². The SMILES string of the molecule is C=CCOC(=O)Nc1cc(OCCCCCOc2cc(OC(N)=O)c(C(=O)N3CC(=C)CC3CO)cc2OC)c(OC)cc1C(=O)N1CC(=C)CC1CO. The largest absolute Gasteiger partial charge is 0.493 e.